The molecule has 0 fully saturated rings. The molecule has 1 heterocycles. The summed E-state index contributed by atoms with van der Waals surface area (Å²) < 4.78 is 10.3. The second-order valence-corrected chi connectivity index (χ2v) is 4.65. The van der Waals surface area contributed by atoms with Crippen molar-refractivity contribution >= 4 is 5.97 Å². The van der Waals surface area contributed by atoms with Crippen LogP contribution in [0.3, 0.4) is 0 Å². The fraction of sp³-hybridized carbons (Fsp3) is 0.786. The number of hydrogen-bond donors (Lipinski definition) is 0. The lowest BCUT2D eigenvalue weighted by molar-refractivity contribution is -0.151. The third-order valence-electron chi connectivity index (χ3n) is 3.12. The number of ether oxygens (including phenoxy) is 2. The Morgan fingerprint density at radius 3 is 2.71 bits per heavy atom. The van der Waals surface area contributed by atoms with Gasteiger partial charge in [0.1, 0.15) is 0 Å². The fourth-order valence-corrected chi connectivity index (χ4v) is 2.19. The van der Waals surface area contributed by atoms with Crippen molar-refractivity contribution in [2.75, 3.05) is 7.11 Å². The van der Waals surface area contributed by atoms with E-state index in [0.29, 0.717) is 0 Å². The van der Waals surface area contributed by atoms with Gasteiger partial charge in [-0.05, 0) is 25.3 Å². The van der Waals surface area contributed by atoms with E-state index in [2.05, 4.69) is 13.0 Å². The highest BCUT2D eigenvalue weighted by atomic mass is 16.6. The van der Waals surface area contributed by atoms with Gasteiger partial charge in [0, 0.05) is 0 Å². The van der Waals surface area contributed by atoms with Gasteiger partial charge < -0.3 is 9.47 Å². The first-order valence-electron chi connectivity index (χ1n) is 6.63. The maximum absolute atomic E-state index is 11.5. The number of unbranched alkanes of at least 4 members (excludes halogenated alkanes) is 4. The second kappa shape index (κ2) is 7.49. The molecule has 1 aliphatic heterocycles. The third kappa shape index (κ3) is 4.50. The van der Waals surface area contributed by atoms with E-state index in [0.717, 1.165) is 18.4 Å². The molecule has 3 heteroatoms. The molecule has 0 amide bonds. The van der Waals surface area contributed by atoms with Gasteiger partial charge in [0.25, 0.3) is 0 Å². The summed E-state index contributed by atoms with van der Waals surface area (Å²) in [7, 11) is 1.41. The SMILES string of the molecule is CCCCCCCC1=CC(C)OC1C(=O)OC. The average Bonchev–Trinajstić information content (AvgIpc) is 2.69. The lowest BCUT2D eigenvalue weighted by Gasteiger charge is -2.13. The van der Waals surface area contributed by atoms with Crippen molar-refractivity contribution in [3.8, 4) is 0 Å². The molecular weight excluding hydrogens is 216 g/mol. The Kier molecular flexibility index (Phi) is 6.27. The minimum absolute atomic E-state index is 0.0322. The minimum atomic E-state index is -0.457. The Bertz CT molecular complexity index is 271. The largest absolute Gasteiger partial charge is 0.467 e. The molecule has 0 aromatic carbocycles. The van der Waals surface area contributed by atoms with Gasteiger partial charge in [0.15, 0.2) is 6.10 Å². The van der Waals surface area contributed by atoms with E-state index < -0.39 is 6.10 Å². The lowest BCUT2D eigenvalue weighted by Crippen LogP contribution is -2.25. The Morgan fingerprint density at radius 2 is 2.06 bits per heavy atom. The highest BCUT2D eigenvalue weighted by Crippen LogP contribution is 2.25. The van der Waals surface area contributed by atoms with Crippen molar-refractivity contribution in [2.24, 2.45) is 0 Å². The van der Waals surface area contributed by atoms with Crippen molar-refractivity contribution in [1.29, 1.82) is 0 Å². The maximum atomic E-state index is 11.5. The first kappa shape index (κ1) is 14.2. The van der Waals surface area contributed by atoms with E-state index in [1.807, 2.05) is 6.92 Å². The van der Waals surface area contributed by atoms with E-state index >= 15 is 0 Å². The van der Waals surface area contributed by atoms with Crippen LogP contribution in [0.15, 0.2) is 11.6 Å². The standard InChI is InChI=1S/C14H24O3/c1-4-5-6-7-8-9-12-10-11(2)17-13(12)14(15)16-3/h10-11,13H,4-9H2,1-3H3. The van der Waals surface area contributed by atoms with E-state index in [1.54, 1.807) is 0 Å². The molecular formula is C14H24O3. The van der Waals surface area contributed by atoms with E-state index in [9.17, 15) is 4.79 Å². The van der Waals surface area contributed by atoms with Gasteiger partial charge in [0.2, 0.25) is 0 Å². The van der Waals surface area contributed by atoms with Gasteiger partial charge in [-0.15, -0.1) is 0 Å². The van der Waals surface area contributed by atoms with Crippen LogP contribution in [-0.2, 0) is 14.3 Å². The number of carbonyl (C=O) groups excluding carboxylic acids is 1. The summed E-state index contributed by atoms with van der Waals surface area (Å²) in [6, 6.07) is 0. The molecule has 17 heavy (non-hydrogen) atoms. The monoisotopic (exact) mass is 240 g/mol. The molecule has 0 saturated carbocycles. The number of esters is 1. The molecule has 0 radical (unpaired) electrons. The molecule has 0 spiro atoms. The highest BCUT2D eigenvalue weighted by molar-refractivity contribution is 5.78. The number of carbonyl (C=O) groups is 1. The smallest absolute Gasteiger partial charge is 0.339 e. The van der Waals surface area contributed by atoms with E-state index in [-0.39, 0.29) is 12.1 Å². The summed E-state index contributed by atoms with van der Waals surface area (Å²) in [5.41, 5.74) is 1.10. The Hall–Kier alpha value is -0.830. The molecule has 98 valence electrons. The van der Waals surface area contributed by atoms with Gasteiger partial charge in [-0.3, -0.25) is 0 Å². The summed E-state index contributed by atoms with van der Waals surface area (Å²) in [5.74, 6) is -0.269. The number of methoxy groups -OCH3 is 1. The zero-order valence-electron chi connectivity index (χ0n) is 11.2. The first-order chi connectivity index (χ1) is 8.19. The summed E-state index contributed by atoms with van der Waals surface area (Å²) in [6.45, 7) is 4.17. The quantitative estimate of drug-likeness (QED) is 0.389. The van der Waals surface area contributed by atoms with Crippen LogP contribution in [0.4, 0.5) is 0 Å². The Labute approximate surface area is 104 Å². The van der Waals surface area contributed by atoms with Crippen LogP contribution in [0, 0.1) is 0 Å². The molecule has 0 aliphatic carbocycles. The molecule has 2 atom stereocenters. The normalized spacial score (nSPS) is 23.6. The van der Waals surface area contributed by atoms with Crippen molar-refractivity contribution < 1.29 is 14.3 Å². The number of hydrogen-bond acceptors (Lipinski definition) is 3. The first-order valence-corrected chi connectivity index (χ1v) is 6.63. The Morgan fingerprint density at radius 1 is 1.35 bits per heavy atom. The predicted molar refractivity (Wildman–Crippen MR) is 67.8 cm³/mol. The van der Waals surface area contributed by atoms with Crippen LogP contribution in [0.2, 0.25) is 0 Å². The minimum Gasteiger partial charge on any atom is -0.467 e. The van der Waals surface area contributed by atoms with Crippen molar-refractivity contribution in [3.05, 3.63) is 11.6 Å². The average molecular weight is 240 g/mol. The fourth-order valence-electron chi connectivity index (χ4n) is 2.19. The maximum Gasteiger partial charge on any atom is 0.339 e. The summed E-state index contributed by atoms with van der Waals surface area (Å²) in [6.07, 6.45) is 8.78. The topological polar surface area (TPSA) is 35.5 Å². The van der Waals surface area contributed by atoms with Gasteiger partial charge in [-0.25, -0.2) is 4.79 Å². The van der Waals surface area contributed by atoms with Crippen LogP contribution in [0.1, 0.15) is 52.4 Å². The van der Waals surface area contributed by atoms with Crippen LogP contribution in [0.25, 0.3) is 0 Å². The van der Waals surface area contributed by atoms with Crippen LogP contribution in [-0.4, -0.2) is 25.3 Å². The van der Waals surface area contributed by atoms with Crippen LogP contribution >= 0.6 is 0 Å². The molecule has 0 saturated heterocycles. The molecule has 0 aromatic heterocycles. The van der Waals surface area contributed by atoms with Crippen LogP contribution in [0.5, 0.6) is 0 Å². The van der Waals surface area contributed by atoms with Crippen molar-refractivity contribution in [2.45, 2.75) is 64.6 Å². The van der Waals surface area contributed by atoms with Gasteiger partial charge in [-0.1, -0.05) is 38.7 Å². The lowest BCUT2D eigenvalue weighted by atomic mass is 10.0. The number of rotatable bonds is 7. The van der Waals surface area contributed by atoms with E-state index in [1.165, 1.54) is 32.8 Å². The van der Waals surface area contributed by atoms with Gasteiger partial charge >= 0.3 is 5.97 Å². The second-order valence-electron chi connectivity index (χ2n) is 4.65. The van der Waals surface area contributed by atoms with Crippen molar-refractivity contribution in [1.82, 2.24) is 0 Å². The summed E-state index contributed by atoms with van der Waals surface area (Å²) in [5, 5.41) is 0. The summed E-state index contributed by atoms with van der Waals surface area (Å²) in [4.78, 5) is 11.5. The third-order valence-corrected chi connectivity index (χ3v) is 3.12. The van der Waals surface area contributed by atoms with Crippen molar-refractivity contribution in [3.63, 3.8) is 0 Å². The molecule has 1 aliphatic rings. The van der Waals surface area contributed by atoms with E-state index in [4.69, 9.17) is 9.47 Å². The zero-order chi connectivity index (χ0) is 12.7. The predicted octanol–water partition coefficient (Wildman–Crippen LogP) is 3.23. The molecule has 0 bridgehead atoms. The Balaban J connectivity index is 2.34. The molecule has 0 aromatic rings. The summed E-state index contributed by atoms with van der Waals surface area (Å²) >= 11 is 0. The molecule has 2 unspecified atom stereocenters. The van der Waals surface area contributed by atoms with Crippen LogP contribution < -0.4 is 0 Å². The zero-order valence-corrected chi connectivity index (χ0v) is 11.2. The highest BCUT2D eigenvalue weighted by Gasteiger charge is 2.31. The molecule has 1 rings (SSSR count). The van der Waals surface area contributed by atoms with Gasteiger partial charge in [-0.2, -0.15) is 0 Å². The molecule has 3 nitrogen and oxygen atoms in total. The van der Waals surface area contributed by atoms with Gasteiger partial charge in [0.05, 0.1) is 13.2 Å². The molecule has 0 N–H and O–H groups in total.